The lowest BCUT2D eigenvalue weighted by atomic mass is 10.2. The molecule has 0 aliphatic rings. The number of hydrogen-bond acceptors (Lipinski definition) is 4. The molecule has 0 aliphatic heterocycles. The van der Waals surface area contributed by atoms with E-state index in [1.807, 2.05) is 54.1 Å². The molecule has 2 aromatic heterocycles. The van der Waals surface area contributed by atoms with Crippen molar-refractivity contribution in [1.82, 2.24) is 14.8 Å². The van der Waals surface area contributed by atoms with Crippen molar-refractivity contribution >= 4 is 34.4 Å². The van der Waals surface area contributed by atoms with Crippen LogP contribution in [0, 0.1) is 0 Å². The van der Waals surface area contributed by atoms with Crippen molar-refractivity contribution in [3.05, 3.63) is 48.7 Å². The molecular weight excluding hydrogens is 332 g/mol. The third-order valence-corrected chi connectivity index (χ3v) is 5.21. The highest BCUT2D eigenvalue weighted by Gasteiger charge is 2.18. The van der Waals surface area contributed by atoms with Crippen LogP contribution in [0.1, 0.15) is 33.2 Å². The summed E-state index contributed by atoms with van der Waals surface area (Å²) in [6.45, 7) is 6.07. The summed E-state index contributed by atoms with van der Waals surface area (Å²) in [7, 11) is 0. The minimum Gasteiger partial charge on any atom is -0.310 e. The van der Waals surface area contributed by atoms with E-state index in [1.54, 1.807) is 6.20 Å². The molecule has 0 aliphatic carbocycles. The van der Waals surface area contributed by atoms with Crippen molar-refractivity contribution in [2.45, 2.75) is 43.5 Å². The number of anilines is 1. The minimum absolute atomic E-state index is 0.0509. The van der Waals surface area contributed by atoms with Gasteiger partial charge in [-0.1, -0.05) is 43.0 Å². The number of carbonyl (C=O) groups excluding carboxylic acids is 1. The number of nitrogens with zero attached hydrogens (tertiary/aromatic N) is 3. The van der Waals surface area contributed by atoms with Gasteiger partial charge in [-0.05, 0) is 32.4 Å². The van der Waals surface area contributed by atoms with E-state index in [2.05, 4.69) is 29.2 Å². The maximum Gasteiger partial charge on any atom is 0.238 e. The van der Waals surface area contributed by atoms with Gasteiger partial charge in [-0.25, -0.2) is 9.67 Å². The lowest BCUT2D eigenvalue weighted by Crippen LogP contribution is -2.24. The van der Waals surface area contributed by atoms with Gasteiger partial charge in [-0.15, -0.1) is 0 Å². The van der Waals surface area contributed by atoms with Crippen molar-refractivity contribution in [2.24, 2.45) is 0 Å². The fourth-order valence-electron chi connectivity index (χ4n) is 2.51. The Balaban J connectivity index is 1.69. The maximum absolute atomic E-state index is 12.5. The van der Waals surface area contributed by atoms with Crippen LogP contribution >= 0.6 is 11.8 Å². The Bertz CT molecular complexity index is 876. The molecule has 2 atom stereocenters. The predicted molar refractivity (Wildman–Crippen MR) is 103 cm³/mol. The molecule has 0 spiro atoms. The normalized spacial score (nSPS) is 13.6. The van der Waals surface area contributed by atoms with E-state index in [4.69, 9.17) is 0 Å². The zero-order chi connectivity index (χ0) is 17.8. The second kappa shape index (κ2) is 7.70. The van der Waals surface area contributed by atoms with Crippen LogP contribution in [0.3, 0.4) is 0 Å². The van der Waals surface area contributed by atoms with E-state index in [1.165, 1.54) is 11.8 Å². The Morgan fingerprint density at radius 2 is 2.00 bits per heavy atom. The maximum atomic E-state index is 12.5. The third-order valence-electron chi connectivity index (χ3n) is 4.17. The number of rotatable bonds is 6. The molecule has 3 aromatic rings. The zero-order valence-electron chi connectivity index (χ0n) is 14.6. The van der Waals surface area contributed by atoms with E-state index in [0.29, 0.717) is 0 Å². The number of carbonyl (C=O) groups is 1. The van der Waals surface area contributed by atoms with E-state index in [0.717, 1.165) is 28.2 Å². The van der Waals surface area contributed by atoms with Crippen molar-refractivity contribution in [1.29, 1.82) is 0 Å². The van der Waals surface area contributed by atoms with E-state index in [-0.39, 0.29) is 17.2 Å². The molecule has 1 aromatic carbocycles. The summed E-state index contributed by atoms with van der Waals surface area (Å²) in [5.74, 6) is 0.684. The van der Waals surface area contributed by atoms with E-state index >= 15 is 0 Å². The topological polar surface area (TPSA) is 59.8 Å². The van der Waals surface area contributed by atoms with Crippen molar-refractivity contribution < 1.29 is 4.79 Å². The largest absolute Gasteiger partial charge is 0.310 e. The summed E-state index contributed by atoms with van der Waals surface area (Å²) in [6.07, 6.45) is 2.67. The fraction of sp³-hybridized carbons (Fsp3) is 0.316. The second-order valence-electron chi connectivity index (χ2n) is 6.01. The first-order valence-corrected chi connectivity index (χ1v) is 9.33. The van der Waals surface area contributed by atoms with Crippen molar-refractivity contribution in [3.8, 4) is 0 Å². The molecule has 0 unspecified atom stereocenters. The van der Waals surface area contributed by atoms with Crippen LogP contribution in [0.2, 0.25) is 0 Å². The van der Waals surface area contributed by atoms with Crippen LogP contribution in [0.5, 0.6) is 0 Å². The molecule has 0 radical (unpaired) electrons. The number of amides is 1. The van der Waals surface area contributed by atoms with Crippen LogP contribution in [0.15, 0.2) is 53.7 Å². The first-order chi connectivity index (χ1) is 12.1. The lowest BCUT2D eigenvalue weighted by molar-refractivity contribution is -0.115. The minimum atomic E-state index is -0.256. The molecule has 5 nitrogen and oxygen atoms in total. The Labute approximate surface area is 151 Å². The van der Waals surface area contributed by atoms with Crippen LogP contribution in [0.4, 0.5) is 5.82 Å². The fourth-order valence-corrected chi connectivity index (χ4v) is 3.34. The number of benzene rings is 1. The van der Waals surface area contributed by atoms with Crippen LogP contribution < -0.4 is 5.32 Å². The number of aromatic nitrogens is 3. The van der Waals surface area contributed by atoms with Crippen LogP contribution in [-0.4, -0.2) is 25.9 Å². The van der Waals surface area contributed by atoms with Gasteiger partial charge in [-0.2, -0.15) is 5.10 Å². The van der Waals surface area contributed by atoms with Gasteiger partial charge in [0.2, 0.25) is 5.91 Å². The van der Waals surface area contributed by atoms with Gasteiger partial charge in [0.15, 0.2) is 0 Å². The van der Waals surface area contributed by atoms with Crippen LogP contribution in [-0.2, 0) is 4.79 Å². The van der Waals surface area contributed by atoms with Gasteiger partial charge in [0.05, 0.1) is 28.0 Å². The Hall–Kier alpha value is -2.34. The number of thioether (sulfide) groups is 1. The van der Waals surface area contributed by atoms with E-state index < -0.39 is 0 Å². The lowest BCUT2D eigenvalue weighted by Gasteiger charge is -2.16. The Morgan fingerprint density at radius 1 is 1.20 bits per heavy atom. The Morgan fingerprint density at radius 3 is 2.80 bits per heavy atom. The van der Waals surface area contributed by atoms with Gasteiger partial charge >= 0.3 is 0 Å². The first-order valence-electron chi connectivity index (χ1n) is 8.45. The van der Waals surface area contributed by atoms with Crippen molar-refractivity contribution in [3.63, 3.8) is 0 Å². The number of hydrogen-bond donors (Lipinski definition) is 1. The highest BCUT2D eigenvalue weighted by Crippen LogP contribution is 2.25. The SMILES string of the molecule is CC[C@@H](C)n1nccc1NC(=O)[C@H](C)Sc1ccc2ccccc2n1. The molecule has 0 saturated heterocycles. The second-order valence-corrected chi connectivity index (χ2v) is 7.37. The standard InChI is InChI=1S/C19H22N4OS/c1-4-13(2)23-17(11-12-20-23)22-19(24)14(3)25-18-10-9-15-7-5-6-8-16(15)21-18/h5-14H,4H2,1-3H3,(H,22,24)/t13-,14+/m1/s1. The third kappa shape index (κ3) is 4.02. The van der Waals surface area contributed by atoms with Gasteiger partial charge in [0.25, 0.3) is 0 Å². The number of fused-ring (bicyclic) bond motifs is 1. The highest BCUT2D eigenvalue weighted by atomic mass is 32.2. The van der Waals surface area contributed by atoms with Crippen LogP contribution in [0.25, 0.3) is 10.9 Å². The molecule has 0 fully saturated rings. The highest BCUT2D eigenvalue weighted by molar-refractivity contribution is 8.00. The Kier molecular flexibility index (Phi) is 5.38. The van der Waals surface area contributed by atoms with Gasteiger partial charge < -0.3 is 5.32 Å². The average molecular weight is 354 g/mol. The molecule has 0 saturated carbocycles. The molecule has 2 heterocycles. The van der Waals surface area contributed by atoms with Crippen molar-refractivity contribution in [2.75, 3.05) is 5.32 Å². The summed E-state index contributed by atoms with van der Waals surface area (Å²) in [6, 6.07) is 14.0. The number of pyridine rings is 1. The summed E-state index contributed by atoms with van der Waals surface area (Å²) in [5.41, 5.74) is 0.940. The summed E-state index contributed by atoms with van der Waals surface area (Å²) in [5, 5.41) is 8.96. The summed E-state index contributed by atoms with van der Waals surface area (Å²) >= 11 is 1.46. The molecule has 3 rings (SSSR count). The first kappa shape index (κ1) is 17.5. The monoisotopic (exact) mass is 354 g/mol. The zero-order valence-corrected chi connectivity index (χ0v) is 15.5. The van der Waals surface area contributed by atoms with Gasteiger partial charge in [-0.3, -0.25) is 4.79 Å². The average Bonchev–Trinajstić information content (AvgIpc) is 3.09. The number of para-hydroxylation sites is 1. The molecule has 0 bridgehead atoms. The molecule has 1 amide bonds. The predicted octanol–water partition coefficient (Wildman–Crippen LogP) is 4.52. The summed E-state index contributed by atoms with van der Waals surface area (Å²) in [4.78, 5) is 17.2. The quantitative estimate of drug-likeness (QED) is 0.661. The summed E-state index contributed by atoms with van der Waals surface area (Å²) < 4.78 is 1.85. The molecule has 25 heavy (non-hydrogen) atoms. The van der Waals surface area contributed by atoms with E-state index in [9.17, 15) is 4.79 Å². The number of nitrogens with one attached hydrogen (secondary N) is 1. The molecule has 130 valence electrons. The van der Waals surface area contributed by atoms with Gasteiger partial charge in [0.1, 0.15) is 5.82 Å². The molecular formula is C19H22N4OS. The molecule has 1 N–H and O–H groups in total. The van der Waals surface area contributed by atoms with Gasteiger partial charge in [0, 0.05) is 11.5 Å². The smallest absolute Gasteiger partial charge is 0.238 e. The molecule has 6 heteroatoms.